The zero-order valence-electron chi connectivity index (χ0n) is 17.1. The highest BCUT2D eigenvalue weighted by Crippen LogP contribution is 2.32. The highest BCUT2D eigenvalue weighted by Gasteiger charge is 2.23. The molecule has 10 heteroatoms. The summed E-state index contributed by atoms with van der Waals surface area (Å²) in [6, 6.07) is 3.84. The van der Waals surface area contributed by atoms with Gasteiger partial charge in [0.25, 0.3) is 0 Å². The molecule has 0 fully saturated rings. The van der Waals surface area contributed by atoms with E-state index < -0.39 is 0 Å². The minimum Gasteiger partial charge on any atom is -0.479 e. The van der Waals surface area contributed by atoms with Gasteiger partial charge < -0.3 is 14.6 Å². The van der Waals surface area contributed by atoms with Crippen molar-refractivity contribution in [2.45, 2.75) is 39.7 Å². The monoisotopic (exact) mass is 422 g/mol. The summed E-state index contributed by atoms with van der Waals surface area (Å²) in [5, 5.41) is 8.87. The molecule has 0 amide bonds. The van der Waals surface area contributed by atoms with Crippen LogP contribution >= 0.6 is 11.5 Å². The summed E-state index contributed by atoms with van der Waals surface area (Å²) in [7, 11) is 1.60. The zero-order valence-corrected chi connectivity index (χ0v) is 17.9. The SMILES string of the molecule is CCn1nc2c(c1Nc1nc(-c3ccc(-n4cnc(C)c4)c(OC)n3)ns1)CCC2. The van der Waals surface area contributed by atoms with E-state index in [0.717, 1.165) is 48.1 Å². The summed E-state index contributed by atoms with van der Waals surface area (Å²) in [5.74, 6) is 2.09. The minimum absolute atomic E-state index is 0.496. The largest absolute Gasteiger partial charge is 0.479 e. The van der Waals surface area contributed by atoms with Gasteiger partial charge in [-0.3, -0.25) is 0 Å². The number of aryl methyl sites for hydroxylation is 3. The van der Waals surface area contributed by atoms with E-state index in [9.17, 15) is 0 Å². The van der Waals surface area contributed by atoms with Crippen LogP contribution in [-0.4, -0.2) is 40.8 Å². The molecule has 0 saturated heterocycles. The smallest absolute Gasteiger partial charge is 0.238 e. The molecule has 30 heavy (non-hydrogen) atoms. The molecular formula is C20H22N8OS. The van der Waals surface area contributed by atoms with Crippen molar-refractivity contribution in [2.75, 3.05) is 12.4 Å². The van der Waals surface area contributed by atoms with E-state index in [1.54, 1.807) is 13.4 Å². The third-order valence-corrected chi connectivity index (χ3v) is 5.81. The van der Waals surface area contributed by atoms with Crippen LogP contribution in [0.1, 0.15) is 30.3 Å². The Hall–Kier alpha value is -3.27. The summed E-state index contributed by atoms with van der Waals surface area (Å²) in [6.45, 7) is 4.85. The van der Waals surface area contributed by atoms with E-state index in [2.05, 4.69) is 31.6 Å². The fourth-order valence-electron chi connectivity index (χ4n) is 3.75. The van der Waals surface area contributed by atoms with Crippen molar-refractivity contribution in [2.24, 2.45) is 0 Å². The molecule has 4 heterocycles. The van der Waals surface area contributed by atoms with Gasteiger partial charge in [0.2, 0.25) is 11.0 Å². The molecule has 4 aromatic rings. The van der Waals surface area contributed by atoms with E-state index in [4.69, 9.17) is 9.84 Å². The van der Waals surface area contributed by atoms with E-state index in [0.29, 0.717) is 17.4 Å². The van der Waals surface area contributed by atoms with Crippen LogP contribution in [0.2, 0.25) is 0 Å². The van der Waals surface area contributed by atoms with Crippen molar-refractivity contribution in [3.63, 3.8) is 0 Å². The Morgan fingerprint density at radius 1 is 1.23 bits per heavy atom. The summed E-state index contributed by atoms with van der Waals surface area (Å²) in [5.41, 5.74) is 4.90. The number of fused-ring (bicyclic) bond motifs is 1. The fourth-order valence-corrected chi connectivity index (χ4v) is 4.33. The average molecular weight is 423 g/mol. The van der Waals surface area contributed by atoms with E-state index in [-0.39, 0.29) is 0 Å². The molecule has 1 aliphatic rings. The third kappa shape index (κ3) is 3.22. The molecule has 0 atom stereocenters. The van der Waals surface area contributed by atoms with Crippen LogP contribution in [0, 0.1) is 6.92 Å². The molecule has 4 aromatic heterocycles. The van der Waals surface area contributed by atoms with Crippen molar-refractivity contribution in [3.05, 3.63) is 41.6 Å². The number of hydrogen-bond acceptors (Lipinski definition) is 8. The van der Waals surface area contributed by atoms with Crippen LogP contribution in [0.3, 0.4) is 0 Å². The van der Waals surface area contributed by atoms with Crippen LogP contribution in [0.5, 0.6) is 5.88 Å². The molecule has 0 bridgehead atoms. The number of rotatable bonds is 6. The van der Waals surface area contributed by atoms with Gasteiger partial charge in [-0.15, -0.1) is 0 Å². The molecular weight excluding hydrogens is 400 g/mol. The fraction of sp³-hybridized carbons (Fsp3) is 0.350. The molecule has 0 spiro atoms. The number of anilines is 2. The second kappa shape index (κ2) is 7.52. The Balaban J connectivity index is 1.43. The van der Waals surface area contributed by atoms with Crippen molar-refractivity contribution in [3.8, 4) is 23.1 Å². The quantitative estimate of drug-likeness (QED) is 0.508. The molecule has 5 rings (SSSR count). The molecule has 0 saturated carbocycles. The highest BCUT2D eigenvalue weighted by molar-refractivity contribution is 7.09. The summed E-state index contributed by atoms with van der Waals surface area (Å²) < 4.78 is 13.9. The van der Waals surface area contributed by atoms with Crippen LogP contribution in [-0.2, 0) is 19.4 Å². The molecule has 1 aliphatic carbocycles. The lowest BCUT2D eigenvalue weighted by atomic mass is 10.2. The summed E-state index contributed by atoms with van der Waals surface area (Å²) >= 11 is 1.32. The maximum absolute atomic E-state index is 5.50. The first-order chi connectivity index (χ1) is 14.7. The van der Waals surface area contributed by atoms with E-state index in [1.165, 1.54) is 22.8 Å². The standard InChI is InChI=1S/C20H22N8OS/c1-4-28-18(13-6-5-7-14(13)25-28)24-20-23-17(26-30-20)15-8-9-16(19(22-15)29-3)27-10-12(2)21-11-27/h8-11H,4-7H2,1-3H3,(H,23,24,26). The summed E-state index contributed by atoms with van der Waals surface area (Å²) in [6.07, 6.45) is 6.93. The predicted octanol–water partition coefficient (Wildman–Crippen LogP) is 3.55. The number of ether oxygens (including phenoxy) is 1. The van der Waals surface area contributed by atoms with Gasteiger partial charge >= 0.3 is 0 Å². The van der Waals surface area contributed by atoms with Gasteiger partial charge in [-0.2, -0.15) is 14.5 Å². The highest BCUT2D eigenvalue weighted by atomic mass is 32.1. The van der Waals surface area contributed by atoms with Gasteiger partial charge in [0, 0.05) is 29.8 Å². The molecule has 1 N–H and O–H groups in total. The second-order valence-electron chi connectivity index (χ2n) is 7.14. The first-order valence-electron chi connectivity index (χ1n) is 9.92. The molecule has 0 aromatic carbocycles. The van der Waals surface area contributed by atoms with Crippen LogP contribution in [0.25, 0.3) is 17.2 Å². The Kier molecular flexibility index (Phi) is 4.70. The van der Waals surface area contributed by atoms with Gasteiger partial charge in [-0.1, -0.05) is 0 Å². The maximum Gasteiger partial charge on any atom is 0.238 e. The van der Waals surface area contributed by atoms with Crippen LogP contribution in [0.15, 0.2) is 24.7 Å². The number of nitrogens with zero attached hydrogens (tertiary/aromatic N) is 7. The van der Waals surface area contributed by atoms with Crippen LogP contribution in [0.4, 0.5) is 10.9 Å². The second-order valence-corrected chi connectivity index (χ2v) is 7.89. The molecule has 0 unspecified atom stereocenters. The van der Waals surface area contributed by atoms with Crippen molar-refractivity contribution < 1.29 is 4.74 Å². The zero-order chi connectivity index (χ0) is 20.7. The number of pyridine rings is 1. The number of imidazole rings is 1. The van der Waals surface area contributed by atoms with Crippen molar-refractivity contribution in [1.82, 2.24) is 33.7 Å². The number of aromatic nitrogens is 7. The molecule has 154 valence electrons. The van der Waals surface area contributed by atoms with E-state index >= 15 is 0 Å². The van der Waals surface area contributed by atoms with Gasteiger partial charge in [0.05, 0.1) is 24.8 Å². The average Bonchev–Trinajstić information content (AvgIpc) is 3.53. The van der Waals surface area contributed by atoms with Crippen LogP contribution < -0.4 is 10.1 Å². The van der Waals surface area contributed by atoms with Crippen molar-refractivity contribution in [1.29, 1.82) is 0 Å². The first-order valence-corrected chi connectivity index (χ1v) is 10.7. The van der Waals surface area contributed by atoms with E-state index in [1.807, 2.05) is 34.5 Å². The molecule has 0 radical (unpaired) electrons. The van der Waals surface area contributed by atoms with Gasteiger partial charge in [0.15, 0.2) is 5.82 Å². The Morgan fingerprint density at radius 2 is 2.13 bits per heavy atom. The molecule has 9 nitrogen and oxygen atoms in total. The van der Waals surface area contributed by atoms with Gasteiger partial charge in [-0.05, 0) is 45.2 Å². The number of hydrogen-bond donors (Lipinski definition) is 1. The first kappa shape index (κ1) is 18.7. The topological polar surface area (TPSA) is 95.6 Å². The maximum atomic E-state index is 5.50. The summed E-state index contributed by atoms with van der Waals surface area (Å²) in [4.78, 5) is 13.5. The Labute approximate surface area is 178 Å². The Morgan fingerprint density at radius 3 is 2.90 bits per heavy atom. The number of methoxy groups -OCH3 is 1. The molecule has 0 aliphatic heterocycles. The third-order valence-electron chi connectivity index (χ3n) is 5.18. The lowest BCUT2D eigenvalue weighted by molar-refractivity contribution is 0.396. The van der Waals surface area contributed by atoms with Gasteiger partial charge in [-0.25, -0.2) is 14.6 Å². The lowest BCUT2D eigenvalue weighted by Crippen LogP contribution is -2.04. The normalized spacial score (nSPS) is 12.9. The van der Waals surface area contributed by atoms with Crippen molar-refractivity contribution >= 4 is 22.5 Å². The lowest BCUT2D eigenvalue weighted by Gasteiger charge is -2.09. The number of nitrogens with one attached hydrogen (secondary N) is 1. The van der Waals surface area contributed by atoms with Gasteiger partial charge in [0.1, 0.15) is 17.2 Å². The minimum atomic E-state index is 0.496. The predicted molar refractivity (Wildman–Crippen MR) is 115 cm³/mol. The Bertz CT molecular complexity index is 1210.